The Morgan fingerprint density at radius 2 is 1.90 bits per heavy atom. The minimum Gasteiger partial charge on any atom is -0.352 e. The van der Waals surface area contributed by atoms with Crippen LogP contribution in [0.4, 0.5) is 0 Å². The molecule has 1 fully saturated rings. The number of hydrogen-bond acceptors (Lipinski definition) is 5. The molecule has 1 amide bonds. The van der Waals surface area contributed by atoms with Gasteiger partial charge in [-0.05, 0) is 29.9 Å². The van der Waals surface area contributed by atoms with Gasteiger partial charge in [0.1, 0.15) is 0 Å². The van der Waals surface area contributed by atoms with Gasteiger partial charge in [-0.1, -0.05) is 31.2 Å². The van der Waals surface area contributed by atoms with E-state index in [1.165, 1.54) is 0 Å². The van der Waals surface area contributed by atoms with Gasteiger partial charge in [-0.15, -0.1) is 12.3 Å². The van der Waals surface area contributed by atoms with E-state index < -0.39 is 15.7 Å². The van der Waals surface area contributed by atoms with Crippen LogP contribution in [0.1, 0.15) is 56.6 Å². The molecule has 0 aliphatic carbocycles. The standard InChI is InChI=1S/C22H30N4O3S/c1-3-4-12-22(24-25-22)13-9-21(27)23-16-19-7-5-6-8-20(19)17-30(28,29)26-14-10-18(2)11-15-26/h1,5-8,18H,4,9-17H2,2H3,(H,23,27). The number of nitrogens with zero attached hydrogens (tertiary/aromatic N) is 3. The Morgan fingerprint density at radius 3 is 2.53 bits per heavy atom. The highest BCUT2D eigenvalue weighted by atomic mass is 32.2. The highest BCUT2D eigenvalue weighted by Crippen LogP contribution is 2.37. The minimum atomic E-state index is -3.37. The average molecular weight is 431 g/mol. The van der Waals surface area contributed by atoms with Crippen LogP contribution in [-0.4, -0.2) is 37.4 Å². The lowest BCUT2D eigenvalue weighted by atomic mass is 10.0. The molecule has 0 saturated carbocycles. The highest BCUT2D eigenvalue weighted by Gasteiger charge is 2.39. The minimum absolute atomic E-state index is 0.0413. The molecule has 0 spiro atoms. The third kappa shape index (κ3) is 6.13. The number of carbonyl (C=O) groups excluding carboxylic acids is 1. The van der Waals surface area contributed by atoms with Crippen LogP contribution in [0.3, 0.4) is 0 Å². The summed E-state index contributed by atoms with van der Waals surface area (Å²) in [6, 6.07) is 7.38. The summed E-state index contributed by atoms with van der Waals surface area (Å²) in [7, 11) is -3.37. The summed E-state index contributed by atoms with van der Waals surface area (Å²) in [5.41, 5.74) is 1.08. The first-order valence-electron chi connectivity index (χ1n) is 10.5. The third-order valence-electron chi connectivity index (χ3n) is 5.87. The summed E-state index contributed by atoms with van der Waals surface area (Å²) < 4.78 is 27.3. The van der Waals surface area contributed by atoms with E-state index >= 15 is 0 Å². The molecule has 8 heteroatoms. The molecule has 0 radical (unpaired) electrons. The zero-order valence-electron chi connectivity index (χ0n) is 17.5. The van der Waals surface area contributed by atoms with Crippen LogP contribution in [0, 0.1) is 18.3 Å². The second-order valence-corrected chi connectivity index (χ2v) is 10.2. The fourth-order valence-electron chi connectivity index (χ4n) is 3.69. The fourth-order valence-corrected chi connectivity index (χ4v) is 5.31. The number of rotatable bonds is 10. The van der Waals surface area contributed by atoms with Crippen LogP contribution in [0.5, 0.6) is 0 Å². The quantitative estimate of drug-likeness (QED) is 0.578. The maximum absolute atomic E-state index is 12.9. The summed E-state index contributed by atoms with van der Waals surface area (Å²) in [4.78, 5) is 12.3. The van der Waals surface area contributed by atoms with Gasteiger partial charge in [-0.3, -0.25) is 4.79 Å². The van der Waals surface area contributed by atoms with E-state index in [0.717, 1.165) is 24.0 Å². The number of terminal acetylenes is 1. The molecular weight excluding hydrogens is 400 g/mol. The Morgan fingerprint density at radius 1 is 1.23 bits per heavy atom. The molecule has 2 heterocycles. The van der Waals surface area contributed by atoms with E-state index in [9.17, 15) is 13.2 Å². The van der Waals surface area contributed by atoms with Crippen LogP contribution in [-0.2, 0) is 27.1 Å². The van der Waals surface area contributed by atoms with Crippen molar-refractivity contribution in [3.8, 4) is 12.3 Å². The van der Waals surface area contributed by atoms with Crippen molar-refractivity contribution in [3.05, 3.63) is 35.4 Å². The van der Waals surface area contributed by atoms with E-state index in [2.05, 4.69) is 28.4 Å². The van der Waals surface area contributed by atoms with Crippen molar-refractivity contribution in [1.82, 2.24) is 9.62 Å². The zero-order valence-corrected chi connectivity index (χ0v) is 18.3. The third-order valence-corrected chi connectivity index (χ3v) is 7.70. The molecule has 1 saturated heterocycles. The van der Waals surface area contributed by atoms with E-state index in [4.69, 9.17) is 6.42 Å². The molecule has 1 aromatic carbocycles. The van der Waals surface area contributed by atoms with Crippen LogP contribution in [0.2, 0.25) is 0 Å². The lowest BCUT2D eigenvalue weighted by molar-refractivity contribution is -0.121. The van der Waals surface area contributed by atoms with Crippen molar-refractivity contribution in [2.45, 2.75) is 63.4 Å². The van der Waals surface area contributed by atoms with Crippen molar-refractivity contribution in [3.63, 3.8) is 0 Å². The Labute approximate surface area is 179 Å². The summed E-state index contributed by atoms with van der Waals surface area (Å²) in [6.45, 7) is 3.62. The molecule has 0 aromatic heterocycles. The molecule has 0 atom stereocenters. The summed E-state index contributed by atoms with van der Waals surface area (Å²) in [5, 5.41) is 11.0. The number of sulfonamides is 1. The van der Waals surface area contributed by atoms with E-state index in [1.807, 2.05) is 24.3 Å². The molecule has 30 heavy (non-hydrogen) atoms. The van der Waals surface area contributed by atoms with Crippen LogP contribution >= 0.6 is 0 Å². The number of nitrogens with one attached hydrogen (secondary N) is 1. The van der Waals surface area contributed by atoms with Crippen LogP contribution in [0.15, 0.2) is 34.5 Å². The zero-order chi connectivity index (χ0) is 21.6. The monoisotopic (exact) mass is 430 g/mol. The molecule has 0 unspecified atom stereocenters. The summed E-state index contributed by atoms with van der Waals surface area (Å²) >= 11 is 0. The molecule has 2 aliphatic heterocycles. The van der Waals surface area contributed by atoms with Crippen molar-refractivity contribution in [2.24, 2.45) is 16.1 Å². The van der Waals surface area contributed by atoms with Gasteiger partial charge in [0, 0.05) is 45.3 Å². The first-order valence-corrected chi connectivity index (χ1v) is 12.1. The van der Waals surface area contributed by atoms with Gasteiger partial charge in [-0.25, -0.2) is 12.7 Å². The maximum Gasteiger partial charge on any atom is 0.220 e. The molecule has 2 aliphatic rings. The lowest BCUT2D eigenvalue weighted by Gasteiger charge is -2.29. The van der Waals surface area contributed by atoms with Gasteiger partial charge < -0.3 is 5.32 Å². The van der Waals surface area contributed by atoms with Gasteiger partial charge in [-0.2, -0.15) is 10.2 Å². The van der Waals surface area contributed by atoms with Crippen molar-refractivity contribution < 1.29 is 13.2 Å². The highest BCUT2D eigenvalue weighted by molar-refractivity contribution is 7.88. The van der Waals surface area contributed by atoms with Crippen molar-refractivity contribution in [1.29, 1.82) is 0 Å². The molecule has 1 N–H and O–H groups in total. The molecular formula is C22H30N4O3S. The van der Waals surface area contributed by atoms with Gasteiger partial charge >= 0.3 is 0 Å². The maximum atomic E-state index is 12.9. The summed E-state index contributed by atoms with van der Waals surface area (Å²) in [6.07, 6.45) is 9.20. The topological polar surface area (TPSA) is 91.2 Å². The van der Waals surface area contributed by atoms with E-state index in [0.29, 0.717) is 51.2 Å². The van der Waals surface area contributed by atoms with E-state index in [1.54, 1.807) is 4.31 Å². The number of piperidine rings is 1. The Bertz CT molecular complexity index is 922. The van der Waals surface area contributed by atoms with E-state index in [-0.39, 0.29) is 11.7 Å². The van der Waals surface area contributed by atoms with Gasteiger partial charge in [0.15, 0.2) is 5.66 Å². The fraction of sp³-hybridized carbons (Fsp3) is 0.591. The molecule has 3 rings (SSSR count). The average Bonchev–Trinajstić information content (AvgIpc) is 3.50. The largest absolute Gasteiger partial charge is 0.352 e. The molecule has 162 valence electrons. The normalized spacial score (nSPS) is 18.7. The number of carbonyl (C=O) groups is 1. The number of benzene rings is 1. The van der Waals surface area contributed by atoms with Crippen LogP contribution < -0.4 is 5.32 Å². The Hall–Kier alpha value is -2.24. The Balaban J connectivity index is 1.52. The van der Waals surface area contributed by atoms with Crippen LogP contribution in [0.25, 0.3) is 0 Å². The molecule has 0 bridgehead atoms. The van der Waals surface area contributed by atoms with Gasteiger partial charge in [0.2, 0.25) is 15.9 Å². The smallest absolute Gasteiger partial charge is 0.220 e. The second-order valence-electron chi connectivity index (χ2n) is 8.27. The first kappa shape index (κ1) is 22.4. The number of hydrogen-bond donors (Lipinski definition) is 1. The predicted molar refractivity (Wildman–Crippen MR) is 116 cm³/mol. The predicted octanol–water partition coefficient (Wildman–Crippen LogP) is 3.22. The van der Waals surface area contributed by atoms with Crippen molar-refractivity contribution >= 4 is 15.9 Å². The number of amides is 1. The van der Waals surface area contributed by atoms with Gasteiger partial charge in [0.05, 0.1) is 5.75 Å². The molecule has 7 nitrogen and oxygen atoms in total. The summed E-state index contributed by atoms with van der Waals surface area (Å²) in [5.74, 6) is 3.00. The van der Waals surface area contributed by atoms with Crippen molar-refractivity contribution in [2.75, 3.05) is 13.1 Å². The molecule has 1 aromatic rings. The second kappa shape index (κ2) is 9.71. The lowest BCUT2D eigenvalue weighted by Crippen LogP contribution is -2.38. The first-order chi connectivity index (χ1) is 14.3. The SMILES string of the molecule is C#CCCC1(CCC(=O)NCc2ccccc2CS(=O)(=O)N2CCC(C)CC2)N=N1. The Kier molecular flexibility index (Phi) is 7.27. The van der Waals surface area contributed by atoms with Gasteiger partial charge in [0.25, 0.3) is 0 Å².